The molecule has 2 heterocycles. The van der Waals surface area contributed by atoms with Crippen LogP contribution in [0.3, 0.4) is 0 Å². The van der Waals surface area contributed by atoms with Crippen molar-refractivity contribution in [3.63, 3.8) is 0 Å². The van der Waals surface area contributed by atoms with E-state index < -0.39 is 0 Å². The second-order valence-electron chi connectivity index (χ2n) is 4.16. The fourth-order valence-corrected chi connectivity index (χ4v) is 2.76. The number of aromatic nitrogens is 1. The first-order chi connectivity index (χ1) is 9.22. The Morgan fingerprint density at radius 1 is 1.58 bits per heavy atom. The summed E-state index contributed by atoms with van der Waals surface area (Å²) in [5.41, 5.74) is 5.81. The SMILES string of the molecule is C#CCCNC(=O)c1sc(N2CCNCC2)nc1N. The van der Waals surface area contributed by atoms with Crippen LogP contribution in [0.1, 0.15) is 16.1 Å². The molecule has 1 aliphatic heterocycles. The second kappa shape index (κ2) is 6.41. The Hall–Kier alpha value is -1.78. The molecule has 6 nitrogen and oxygen atoms in total. The predicted molar refractivity (Wildman–Crippen MR) is 77.4 cm³/mol. The molecule has 1 saturated heterocycles. The first-order valence-corrected chi connectivity index (χ1v) is 6.97. The van der Waals surface area contributed by atoms with Gasteiger partial charge in [0.1, 0.15) is 10.7 Å². The number of hydrogen-bond acceptors (Lipinski definition) is 6. The van der Waals surface area contributed by atoms with Crippen molar-refractivity contribution in [3.05, 3.63) is 4.88 Å². The van der Waals surface area contributed by atoms with Gasteiger partial charge in [-0.15, -0.1) is 12.3 Å². The largest absolute Gasteiger partial charge is 0.382 e. The van der Waals surface area contributed by atoms with Crippen LogP contribution in [0.4, 0.5) is 10.9 Å². The number of nitrogens with one attached hydrogen (secondary N) is 2. The average molecular weight is 279 g/mol. The van der Waals surface area contributed by atoms with Crippen molar-refractivity contribution in [1.29, 1.82) is 0 Å². The number of carbonyl (C=O) groups excluding carboxylic acids is 1. The molecule has 0 bridgehead atoms. The summed E-state index contributed by atoms with van der Waals surface area (Å²) >= 11 is 1.33. The van der Waals surface area contributed by atoms with Crippen LogP contribution in [0.15, 0.2) is 0 Å². The minimum atomic E-state index is -0.202. The van der Waals surface area contributed by atoms with Gasteiger partial charge in [0.25, 0.3) is 5.91 Å². The van der Waals surface area contributed by atoms with Gasteiger partial charge in [-0.2, -0.15) is 0 Å². The number of terminal acetylenes is 1. The van der Waals surface area contributed by atoms with E-state index in [1.807, 2.05) is 0 Å². The molecule has 1 aliphatic rings. The Morgan fingerprint density at radius 2 is 2.32 bits per heavy atom. The van der Waals surface area contributed by atoms with E-state index in [1.165, 1.54) is 11.3 Å². The summed E-state index contributed by atoms with van der Waals surface area (Å²) in [7, 11) is 0. The normalized spacial score (nSPS) is 15.0. The minimum Gasteiger partial charge on any atom is -0.382 e. The summed E-state index contributed by atoms with van der Waals surface area (Å²) in [6.07, 6.45) is 5.65. The molecular formula is C12H17N5OS. The lowest BCUT2D eigenvalue weighted by molar-refractivity contribution is 0.0959. The average Bonchev–Trinajstić information content (AvgIpc) is 2.82. The van der Waals surface area contributed by atoms with Gasteiger partial charge >= 0.3 is 0 Å². The predicted octanol–water partition coefficient (Wildman–Crippen LogP) is -0.112. The molecule has 1 amide bonds. The molecule has 0 aliphatic carbocycles. The van der Waals surface area contributed by atoms with Crippen molar-refractivity contribution in [2.75, 3.05) is 43.4 Å². The molecule has 0 spiro atoms. The van der Waals surface area contributed by atoms with E-state index in [2.05, 4.69) is 26.4 Å². The van der Waals surface area contributed by atoms with Crippen LogP contribution in [-0.2, 0) is 0 Å². The van der Waals surface area contributed by atoms with Crippen LogP contribution in [-0.4, -0.2) is 43.6 Å². The maximum atomic E-state index is 11.9. The summed E-state index contributed by atoms with van der Waals surface area (Å²) < 4.78 is 0. The highest BCUT2D eigenvalue weighted by Gasteiger charge is 2.20. The van der Waals surface area contributed by atoms with Crippen LogP contribution < -0.4 is 21.3 Å². The zero-order valence-electron chi connectivity index (χ0n) is 10.6. The van der Waals surface area contributed by atoms with E-state index in [4.69, 9.17) is 12.2 Å². The highest BCUT2D eigenvalue weighted by molar-refractivity contribution is 7.18. The zero-order valence-corrected chi connectivity index (χ0v) is 11.4. The first-order valence-electron chi connectivity index (χ1n) is 6.16. The molecule has 7 heteroatoms. The van der Waals surface area contributed by atoms with Crippen molar-refractivity contribution in [3.8, 4) is 12.3 Å². The smallest absolute Gasteiger partial charge is 0.265 e. The van der Waals surface area contributed by atoms with Crippen LogP contribution >= 0.6 is 11.3 Å². The third-order valence-corrected chi connectivity index (χ3v) is 3.92. The number of nitrogens with zero attached hydrogens (tertiary/aromatic N) is 2. The number of nitrogen functional groups attached to an aromatic ring is 1. The Morgan fingerprint density at radius 3 is 3.00 bits per heavy atom. The number of anilines is 2. The van der Waals surface area contributed by atoms with Gasteiger partial charge in [-0.05, 0) is 0 Å². The Kier molecular flexibility index (Phi) is 4.60. The summed E-state index contributed by atoms with van der Waals surface area (Å²) in [6, 6.07) is 0. The third kappa shape index (κ3) is 3.36. The van der Waals surface area contributed by atoms with Gasteiger partial charge in [0, 0.05) is 39.1 Å². The monoisotopic (exact) mass is 279 g/mol. The van der Waals surface area contributed by atoms with Gasteiger partial charge in [-0.3, -0.25) is 4.79 Å². The molecule has 4 N–H and O–H groups in total. The summed E-state index contributed by atoms with van der Waals surface area (Å²) in [4.78, 5) is 18.8. The maximum Gasteiger partial charge on any atom is 0.265 e. The van der Waals surface area contributed by atoms with Crippen LogP contribution in [0.2, 0.25) is 0 Å². The zero-order chi connectivity index (χ0) is 13.7. The molecule has 1 aromatic rings. The Balaban J connectivity index is 2.03. The fraction of sp³-hybridized carbons (Fsp3) is 0.500. The van der Waals surface area contributed by atoms with Gasteiger partial charge in [-0.25, -0.2) is 4.98 Å². The molecule has 0 radical (unpaired) electrons. The molecule has 0 atom stereocenters. The molecule has 1 aromatic heterocycles. The standard InChI is InChI=1S/C12H17N5OS/c1-2-3-4-15-11(18)9-10(13)16-12(19-9)17-7-5-14-6-8-17/h1,14H,3-8,13H2,(H,15,18). The fourth-order valence-electron chi connectivity index (χ4n) is 1.80. The Bertz CT molecular complexity index is 487. The molecule has 0 saturated carbocycles. The van der Waals surface area contributed by atoms with Gasteiger partial charge in [0.15, 0.2) is 5.13 Å². The van der Waals surface area contributed by atoms with E-state index in [0.29, 0.717) is 17.8 Å². The van der Waals surface area contributed by atoms with E-state index in [1.54, 1.807) is 0 Å². The first kappa shape index (κ1) is 13.6. The van der Waals surface area contributed by atoms with Gasteiger partial charge in [-0.1, -0.05) is 11.3 Å². The summed E-state index contributed by atoms with van der Waals surface area (Å²) in [6.45, 7) is 4.05. The lowest BCUT2D eigenvalue weighted by atomic mass is 10.4. The number of amides is 1. The van der Waals surface area contributed by atoms with Crippen molar-refractivity contribution >= 4 is 28.2 Å². The maximum absolute atomic E-state index is 11.9. The molecule has 1 fully saturated rings. The van der Waals surface area contributed by atoms with Gasteiger partial charge in [0.05, 0.1) is 0 Å². The number of hydrogen-bond donors (Lipinski definition) is 3. The second-order valence-corrected chi connectivity index (χ2v) is 5.14. The molecule has 19 heavy (non-hydrogen) atoms. The lowest BCUT2D eigenvalue weighted by Crippen LogP contribution is -2.43. The van der Waals surface area contributed by atoms with Crippen molar-refractivity contribution in [2.24, 2.45) is 0 Å². The van der Waals surface area contributed by atoms with Crippen LogP contribution in [0.5, 0.6) is 0 Å². The van der Waals surface area contributed by atoms with Crippen molar-refractivity contribution in [2.45, 2.75) is 6.42 Å². The van der Waals surface area contributed by atoms with E-state index >= 15 is 0 Å². The molecule has 102 valence electrons. The Labute approximate surface area is 116 Å². The summed E-state index contributed by atoms with van der Waals surface area (Å²) in [5.74, 6) is 2.56. The van der Waals surface area contributed by atoms with Crippen molar-refractivity contribution < 1.29 is 4.79 Å². The van der Waals surface area contributed by atoms with E-state index in [0.717, 1.165) is 31.3 Å². The van der Waals surface area contributed by atoms with Gasteiger partial charge < -0.3 is 21.3 Å². The number of carbonyl (C=O) groups is 1. The topological polar surface area (TPSA) is 83.3 Å². The van der Waals surface area contributed by atoms with Crippen LogP contribution in [0, 0.1) is 12.3 Å². The lowest BCUT2D eigenvalue weighted by Gasteiger charge is -2.26. The molecule has 0 aromatic carbocycles. The molecule has 2 rings (SSSR count). The van der Waals surface area contributed by atoms with Crippen molar-refractivity contribution in [1.82, 2.24) is 15.6 Å². The highest BCUT2D eigenvalue weighted by Crippen LogP contribution is 2.28. The number of thiazole rings is 1. The molecule has 0 unspecified atom stereocenters. The third-order valence-electron chi connectivity index (χ3n) is 2.79. The number of piperazine rings is 1. The van der Waals surface area contributed by atoms with Crippen LogP contribution in [0.25, 0.3) is 0 Å². The number of rotatable bonds is 4. The van der Waals surface area contributed by atoms with E-state index in [9.17, 15) is 4.79 Å². The van der Waals surface area contributed by atoms with E-state index in [-0.39, 0.29) is 11.7 Å². The highest BCUT2D eigenvalue weighted by atomic mass is 32.1. The van der Waals surface area contributed by atoms with Gasteiger partial charge in [0.2, 0.25) is 0 Å². The quantitative estimate of drug-likeness (QED) is 0.529. The molecular weight excluding hydrogens is 262 g/mol. The summed E-state index contributed by atoms with van der Waals surface area (Å²) in [5, 5.41) is 6.81. The number of nitrogens with two attached hydrogens (primary N) is 1. The minimum absolute atomic E-state index is 0.202.